The summed E-state index contributed by atoms with van der Waals surface area (Å²) in [6.07, 6.45) is -3.78. The van der Waals surface area contributed by atoms with E-state index in [1.807, 2.05) is 0 Å². The molecule has 0 aliphatic rings. The lowest BCUT2D eigenvalue weighted by Gasteiger charge is -2.12. The average Bonchev–Trinajstić information content (AvgIpc) is 2.40. The summed E-state index contributed by atoms with van der Waals surface area (Å²) in [5, 5.41) is 0. The van der Waals surface area contributed by atoms with E-state index in [9.17, 15) is 18.0 Å². The van der Waals surface area contributed by atoms with Gasteiger partial charge in [0.2, 0.25) is 5.88 Å². The monoisotopic (exact) mass is 359 g/mol. The Labute approximate surface area is 126 Å². The van der Waals surface area contributed by atoms with E-state index < -0.39 is 23.1 Å². The lowest BCUT2D eigenvalue weighted by atomic mass is 10.1. The molecular weight excluding hydrogens is 351 g/mol. The number of pyridine rings is 1. The Bertz CT molecular complexity index is 669. The summed E-state index contributed by atoms with van der Waals surface area (Å²) in [6.45, 7) is 1.06. The number of carbonyl (C=O) groups is 1. The zero-order valence-corrected chi connectivity index (χ0v) is 12.3. The van der Waals surface area contributed by atoms with Crippen molar-refractivity contribution in [1.82, 2.24) is 4.98 Å². The molecule has 0 aliphatic carbocycles. The van der Waals surface area contributed by atoms with Crippen LogP contribution in [0.15, 0.2) is 41.0 Å². The average molecular weight is 360 g/mol. The van der Waals surface area contributed by atoms with Crippen LogP contribution in [-0.2, 0) is 6.18 Å². The second kappa shape index (κ2) is 5.85. The van der Waals surface area contributed by atoms with Gasteiger partial charge in [-0.2, -0.15) is 13.2 Å². The summed E-state index contributed by atoms with van der Waals surface area (Å²) < 4.78 is 44.9. The van der Waals surface area contributed by atoms with Crippen molar-refractivity contribution in [3.8, 4) is 11.6 Å². The Balaban J connectivity index is 2.38. The Morgan fingerprint density at radius 3 is 2.38 bits per heavy atom. The quantitative estimate of drug-likeness (QED) is 0.734. The van der Waals surface area contributed by atoms with Crippen molar-refractivity contribution in [3.05, 3.63) is 52.1 Å². The molecule has 0 saturated carbocycles. The maximum Gasteiger partial charge on any atom is 0.417 e. The van der Waals surface area contributed by atoms with Crippen LogP contribution in [-0.4, -0.2) is 10.8 Å². The van der Waals surface area contributed by atoms with Gasteiger partial charge in [0.15, 0.2) is 5.78 Å². The van der Waals surface area contributed by atoms with Gasteiger partial charge in [0.05, 0.1) is 5.56 Å². The molecule has 0 saturated heterocycles. The van der Waals surface area contributed by atoms with Gasteiger partial charge in [-0.3, -0.25) is 4.79 Å². The van der Waals surface area contributed by atoms with Crippen molar-refractivity contribution < 1.29 is 22.7 Å². The number of nitrogens with zero attached hydrogens (tertiary/aromatic N) is 1. The summed E-state index contributed by atoms with van der Waals surface area (Å²) in [5.41, 5.74) is -1.54. The van der Waals surface area contributed by atoms with Crippen molar-refractivity contribution in [1.29, 1.82) is 0 Å². The first-order valence-electron chi connectivity index (χ1n) is 5.79. The molecule has 1 aromatic carbocycles. The predicted molar refractivity (Wildman–Crippen MR) is 73.5 cm³/mol. The summed E-state index contributed by atoms with van der Waals surface area (Å²) in [7, 11) is 0. The van der Waals surface area contributed by atoms with Crippen LogP contribution in [0.3, 0.4) is 0 Å². The minimum absolute atomic E-state index is 0.227. The van der Waals surface area contributed by atoms with E-state index in [-0.39, 0.29) is 5.88 Å². The van der Waals surface area contributed by atoms with Gasteiger partial charge < -0.3 is 4.74 Å². The van der Waals surface area contributed by atoms with Gasteiger partial charge in [0.1, 0.15) is 5.75 Å². The normalized spacial score (nSPS) is 11.3. The van der Waals surface area contributed by atoms with Crippen LogP contribution in [0.1, 0.15) is 22.8 Å². The second-order valence-corrected chi connectivity index (χ2v) is 5.09. The first-order valence-corrected chi connectivity index (χ1v) is 6.58. The molecule has 7 heteroatoms. The fraction of sp³-hybridized carbons (Fsp3) is 0.143. The van der Waals surface area contributed by atoms with Crippen LogP contribution in [0.2, 0.25) is 0 Å². The zero-order chi connectivity index (χ0) is 15.6. The molecule has 0 atom stereocenters. The van der Waals surface area contributed by atoms with Crippen LogP contribution in [0, 0.1) is 0 Å². The summed E-state index contributed by atoms with van der Waals surface area (Å²) >= 11 is 3.24. The largest absolute Gasteiger partial charge is 0.439 e. The molecule has 0 bridgehead atoms. The standard InChI is InChI=1S/C14H9BrF3NO2/c1-8(20)11-7-19-13(6-12(11)14(16,17)18)21-10-4-2-9(15)3-5-10/h2-7H,1H3. The number of rotatable bonds is 3. The van der Waals surface area contributed by atoms with Crippen LogP contribution < -0.4 is 4.74 Å². The molecule has 110 valence electrons. The highest BCUT2D eigenvalue weighted by Gasteiger charge is 2.35. The molecule has 3 nitrogen and oxygen atoms in total. The number of hydrogen-bond donors (Lipinski definition) is 0. The Morgan fingerprint density at radius 2 is 1.86 bits per heavy atom. The number of ketones is 1. The van der Waals surface area contributed by atoms with Gasteiger partial charge >= 0.3 is 6.18 Å². The smallest absolute Gasteiger partial charge is 0.417 e. The van der Waals surface area contributed by atoms with Gasteiger partial charge in [-0.25, -0.2) is 4.98 Å². The number of aromatic nitrogens is 1. The van der Waals surface area contributed by atoms with E-state index in [0.717, 1.165) is 23.7 Å². The summed E-state index contributed by atoms with van der Waals surface area (Å²) in [5.74, 6) is -0.589. The van der Waals surface area contributed by atoms with Gasteiger partial charge in [-0.15, -0.1) is 0 Å². The van der Waals surface area contributed by atoms with Crippen molar-refractivity contribution in [2.24, 2.45) is 0 Å². The number of alkyl halides is 3. The number of halogens is 4. The molecule has 1 heterocycles. The van der Waals surface area contributed by atoms with Crippen LogP contribution >= 0.6 is 15.9 Å². The van der Waals surface area contributed by atoms with Gasteiger partial charge in [-0.05, 0) is 31.2 Å². The number of Topliss-reactive ketones (excluding diaryl/α,β-unsaturated/α-hetero) is 1. The minimum atomic E-state index is -4.65. The molecule has 21 heavy (non-hydrogen) atoms. The van der Waals surface area contributed by atoms with E-state index in [0.29, 0.717) is 5.75 Å². The third kappa shape index (κ3) is 3.81. The van der Waals surface area contributed by atoms with Crippen LogP contribution in [0.4, 0.5) is 13.2 Å². The zero-order valence-electron chi connectivity index (χ0n) is 10.7. The van der Waals surface area contributed by atoms with Gasteiger partial charge in [0, 0.05) is 22.3 Å². The highest BCUT2D eigenvalue weighted by Crippen LogP contribution is 2.34. The molecular formula is C14H9BrF3NO2. The first kappa shape index (κ1) is 15.5. The lowest BCUT2D eigenvalue weighted by Crippen LogP contribution is -2.12. The molecule has 0 aliphatic heterocycles. The fourth-order valence-electron chi connectivity index (χ4n) is 1.63. The molecule has 0 amide bonds. The molecule has 0 N–H and O–H groups in total. The maximum atomic E-state index is 12.9. The van der Waals surface area contributed by atoms with Crippen molar-refractivity contribution >= 4 is 21.7 Å². The Kier molecular flexibility index (Phi) is 4.32. The maximum absolute atomic E-state index is 12.9. The van der Waals surface area contributed by atoms with Gasteiger partial charge in [0.25, 0.3) is 0 Å². The van der Waals surface area contributed by atoms with Crippen molar-refractivity contribution in [2.45, 2.75) is 13.1 Å². The lowest BCUT2D eigenvalue weighted by molar-refractivity contribution is -0.138. The highest BCUT2D eigenvalue weighted by molar-refractivity contribution is 9.10. The fourth-order valence-corrected chi connectivity index (χ4v) is 1.89. The molecule has 0 unspecified atom stereocenters. The molecule has 2 aromatic rings. The number of hydrogen-bond acceptors (Lipinski definition) is 3. The van der Waals surface area contributed by atoms with Gasteiger partial charge in [-0.1, -0.05) is 15.9 Å². The van der Waals surface area contributed by atoms with E-state index in [1.165, 1.54) is 0 Å². The van der Waals surface area contributed by atoms with E-state index in [2.05, 4.69) is 20.9 Å². The summed E-state index contributed by atoms with van der Waals surface area (Å²) in [4.78, 5) is 15.0. The third-order valence-corrected chi connectivity index (χ3v) is 3.13. The Hall–Kier alpha value is -1.89. The third-order valence-electron chi connectivity index (χ3n) is 2.60. The molecule has 2 rings (SSSR count). The van der Waals surface area contributed by atoms with Crippen molar-refractivity contribution in [2.75, 3.05) is 0 Å². The predicted octanol–water partition coefficient (Wildman–Crippen LogP) is 4.86. The molecule has 0 radical (unpaired) electrons. The number of benzene rings is 1. The van der Waals surface area contributed by atoms with Crippen LogP contribution in [0.25, 0.3) is 0 Å². The first-order chi connectivity index (χ1) is 9.77. The Morgan fingerprint density at radius 1 is 1.24 bits per heavy atom. The van der Waals surface area contributed by atoms with E-state index in [4.69, 9.17) is 4.74 Å². The topological polar surface area (TPSA) is 39.2 Å². The van der Waals surface area contributed by atoms with E-state index >= 15 is 0 Å². The van der Waals surface area contributed by atoms with Crippen molar-refractivity contribution in [3.63, 3.8) is 0 Å². The minimum Gasteiger partial charge on any atom is -0.439 e. The molecule has 1 aromatic heterocycles. The highest BCUT2D eigenvalue weighted by atomic mass is 79.9. The molecule has 0 spiro atoms. The van der Waals surface area contributed by atoms with E-state index in [1.54, 1.807) is 24.3 Å². The van der Waals surface area contributed by atoms with Crippen LogP contribution in [0.5, 0.6) is 11.6 Å². The summed E-state index contributed by atoms with van der Waals surface area (Å²) in [6, 6.07) is 7.25. The second-order valence-electron chi connectivity index (χ2n) is 4.18. The SMILES string of the molecule is CC(=O)c1cnc(Oc2ccc(Br)cc2)cc1C(F)(F)F. The number of carbonyl (C=O) groups excluding carboxylic acids is 1. The number of ether oxygens (including phenoxy) is 1. The molecule has 0 fully saturated rings.